The van der Waals surface area contributed by atoms with E-state index in [1.54, 1.807) is 22.8 Å². The van der Waals surface area contributed by atoms with Crippen LogP contribution in [0.1, 0.15) is 36.2 Å². The molecule has 1 aliphatic rings. The molecule has 152 valence electrons. The number of anilines is 1. The van der Waals surface area contributed by atoms with Gasteiger partial charge in [0.05, 0.1) is 17.3 Å². The summed E-state index contributed by atoms with van der Waals surface area (Å²) in [5.41, 5.74) is 4.11. The predicted octanol–water partition coefficient (Wildman–Crippen LogP) is 3.45. The van der Waals surface area contributed by atoms with Crippen molar-refractivity contribution in [1.82, 2.24) is 9.55 Å². The Labute approximate surface area is 172 Å². The monoisotopic (exact) mass is 403 g/mol. The van der Waals surface area contributed by atoms with Crippen molar-refractivity contribution in [2.45, 2.75) is 32.7 Å². The molecule has 1 aromatic heterocycles. The normalized spacial score (nSPS) is 14.1. The number of aromatic nitrogens is 2. The maximum atomic E-state index is 12.9. The molecule has 0 aliphatic carbocycles. The Morgan fingerprint density at radius 3 is 2.67 bits per heavy atom. The number of amides is 1. The molecule has 3 aromatic rings. The van der Waals surface area contributed by atoms with Crippen LogP contribution in [0.3, 0.4) is 0 Å². The van der Waals surface area contributed by atoms with Crippen LogP contribution in [-0.4, -0.2) is 26.5 Å². The number of carboxylic acid groups (broad SMARTS) is 1. The minimum absolute atomic E-state index is 0.106. The second-order valence-electron chi connectivity index (χ2n) is 7.40. The van der Waals surface area contributed by atoms with E-state index in [4.69, 9.17) is 10.1 Å². The van der Waals surface area contributed by atoms with Crippen molar-refractivity contribution in [3.8, 4) is 0 Å². The van der Waals surface area contributed by atoms with Crippen molar-refractivity contribution < 1.29 is 14.7 Å². The highest BCUT2D eigenvalue weighted by Crippen LogP contribution is 2.28. The van der Waals surface area contributed by atoms with E-state index in [1.807, 2.05) is 37.3 Å². The summed E-state index contributed by atoms with van der Waals surface area (Å²) in [4.78, 5) is 40.2. The summed E-state index contributed by atoms with van der Waals surface area (Å²) < 4.78 is 1.69. The Bertz CT molecular complexity index is 1240. The average Bonchev–Trinajstić information content (AvgIpc) is 3.11. The van der Waals surface area contributed by atoms with E-state index in [0.29, 0.717) is 29.0 Å². The van der Waals surface area contributed by atoms with E-state index >= 15 is 0 Å². The summed E-state index contributed by atoms with van der Waals surface area (Å²) in [6.07, 6.45) is 2.43. The molecule has 1 amide bonds. The number of nitrogens with zero attached hydrogens (tertiary/aromatic N) is 2. The fraction of sp³-hybridized carbons (Fsp3) is 0.217. The molecule has 30 heavy (non-hydrogen) atoms. The van der Waals surface area contributed by atoms with E-state index in [1.165, 1.54) is 5.56 Å². The number of carboxylic acids is 1. The summed E-state index contributed by atoms with van der Waals surface area (Å²) in [7, 11) is 0. The number of nitrogens with one attached hydrogen (secondary N) is 1. The number of aliphatic carboxylic acids is 1. The first kappa shape index (κ1) is 19.6. The Morgan fingerprint density at radius 1 is 1.17 bits per heavy atom. The molecule has 0 atom stereocenters. The molecule has 0 bridgehead atoms. The first-order chi connectivity index (χ1) is 14.4. The van der Waals surface area contributed by atoms with Crippen LogP contribution in [0.4, 0.5) is 5.69 Å². The van der Waals surface area contributed by atoms with Crippen LogP contribution in [0.15, 0.2) is 47.3 Å². The van der Waals surface area contributed by atoms with Crippen LogP contribution < -0.4 is 10.9 Å². The summed E-state index contributed by atoms with van der Waals surface area (Å²) in [6, 6.07) is 13.1. The number of rotatable bonds is 5. The average molecular weight is 403 g/mol. The van der Waals surface area contributed by atoms with E-state index < -0.39 is 11.9 Å². The zero-order chi connectivity index (χ0) is 21.3. The minimum Gasteiger partial charge on any atom is -0.481 e. The van der Waals surface area contributed by atoms with Crippen molar-refractivity contribution in [3.05, 3.63) is 69.8 Å². The number of carbonyl (C=O) groups excluding carboxylic acids is 1. The number of fused-ring (bicyclic) bond motifs is 2. The number of hydrogen-bond donors (Lipinski definition) is 2. The number of allylic oxidation sites excluding steroid dienone is 1. The maximum Gasteiger partial charge on any atom is 0.303 e. The molecule has 2 N–H and O–H groups in total. The second kappa shape index (κ2) is 7.94. The highest BCUT2D eigenvalue weighted by atomic mass is 16.4. The Kier molecular flexibility index (Phi) is 5.18. The number of carbonyl (C=O) groups is 2. The fourth-order valence-corrected chi connectivity index (χ4v) is 3.54. The van der Waals surface area contributed by atoms with Gasteiger partial charge < -0.3 is 10.4 Å². The fourth-order valence-electron chi connectivity index (χ4n) is 3.54. The van der Waals surface area contributed by atoms with E-state index in [9.17, 15) is 14.4 Å². The molecule has 1 aliphatic heterocycles. The standard InChI is InChI=1S/C23H21N3O4/c1-14-2-4-15(5-3-14)12-16-10-11-26-22(16)25-19-13-17(6-7-18(19)23(26)30)24-20(27)8-9-21(28)29/h2-7,12-13H,8-11H2,1H3,(H,24,27)(H,28,29)/b16-12+. The highest BCUT2D eigenvalue weighted by molar-refractivity contribution is 5.95. The van der Waals surface area contributed by atoms with Crippen LogP contribution in [0.25, 0.3) is 22.6 Å². The molecule has 0 unspecified atom stereocenters. The number of hydrogen-bond acceptors (Lipinski definition) is 4. The number of aryl methyl sites for hydroxylation is 1. The van der Waals surface area contributed by atoms with Gasteiger partial charge in [0.15, 0.2) is 0 Å². The SMILES string of the molecule is Cc1ccc(/C=C2\CCn3c2nc2cc(NC(=O)CCC(=O)O)ccc2c3=O)cc1. The lowest BCUT2D eigenvalue weighted by Gasteiger charge is -2.08. The zero-order valence-electron chi connectivity index (χ0n) is 16.5. The van der Waals surface area contributed by atoms with E-state index in [-0.39, 0.29) is 18.4 Å². The Balaban J connectivity index is 1.68. The van der Waals surface area contributed by atoms with Crippen LogP contribution >= 0.6 is 0 Å². The highest BCUT2D eigenvalue weighted by Gasteiger charge is 2.21. The smallest absolute Gasteiger partial charge is 0.303 e. The molecule has 7 heteroatoms. The van der Waals surface area contributed by atoms with Gasteiger partial charge >= 0.3 is 5.97 Å². The van der Waals surface area contributed by atoms with Crippen LogP contribution in [0, 0.1) is 6.92 Å². The van der Waals surface area contributed by atoms with Gasteiger partial charge in [-0.3, -0.25) is 19.0 Å². The predicted molar refractivity (Wildman–Crippen MR) is 115 cm³/mol. The molecule has 0 radical (unpaired) electrons. The molecule has 0 fully saturated rings. The summed E-state index contributed by atoms with van der Waals surface area (Å²) >= 11 is 0. The van der Waals surface area contributed by atoms with Crippen molar-refractivity contribution in [3.63, 3.8) is 0 Å². The lowest BCUT2D eigenvalue weighted by atomic mass is 10.1. The first-order valence-corrected chi connectivity index (χ1v) is 9.74. The Hall–Kier alpha value is -3.74. The van der Waals surface area contributed by atoms with Gasteiger partial charge in [0.25, 0.3) is 5.56 Å². The molecular weight excluding hydrogens is 382 g/mol. The summed E-state index contributed by atoms with van der Waals surface area (Å²) in [5.74, 6) is -0.779. The molecule has 0 saturated heterocycles. The second-order valence-corrected chi connectivity index (χ2v) is 7.40. The third kappa shape index (κ3) is 4.00. The van der Waals surface area contributed by atoms with Crippen molar-refractivity contribution in [2.24, 2.45) is 0 Å². The van der Waals surface area contributed by atoms with E-state index in [2.05, 4.69) is 5.32 Å². The molecule has 4 rings (SSSR count). The topological polar surface area (TPSA) is 101 Å². The third-order valence-electron chi connectivity index (χ3n) is 5.12. The lowest BCUT2D eigenvalue weighted by molar-refractivity contribution is -0.138. The third-order valence-corrected chi connectivity index (χ3v) is 5.12. The van der Waals surface area contributed by atoms with E-state index in [0.717, 1.165) is 17.6 Å². The molecular formula is C23H21N3O4. The number of benzene rings is 2. The lowest BCUT2D eigenvalue weighted by Crippen LogP contribution is -2.21. The van der Waals surface area contributed by atoms with Gasteiger partial charge in [-0.05, 0) is 48.8 Å². The van der Waals surface area contributed by atoms with Crippen molar-refractivity contribution in [1.29, 1.82) is 0 Å². The van der Waals surface area contributed by atoms with Gasteiger partial charge in [0, 0.05) is 18.7 Å². The van der Waals surface area contributed by atoms with Gasteiger partial charge in [-0.25, -0.2) is 4.98 Å². The molecule has 2 heterocycles. The van der Waals surface area contributed by atoms with Gasteiger partial charge in [0.2, 0.25) is 5.91 Å². The van der Waals surface area contributed by atoms with Crippen LogP contribution in [0.5, 0.6) is 0 Å². The molecule has 0 saturated carbocycles. The summed E-state index contributed by atoms with van der Waals surface area (Å²) in [5, 5.41) is 11.9. The minimum atomic E-state index is -1.03. The zero-order valence-corrected chi connectivity index (χ0v) is 16.5. The quantitative estimate of drug-likeness (QED) is 0.679. The molecule has 7 nitrogen and oxygen atoms in total. The largest absolute Gasteiger partial charge is 0.481 e. The maximum absolute atomic E-state index is 12.9. The van der Waals surface area contributed by atoms with Crippen molar-refractivity contribution in [2.75, 3.05) is 5.32 Å². The van der Waals surface area contributed by atoms with Gasteiger partial charge in [-0.2, -0.15) is 0 Å². The van der Waals surface area contributed by atoms with Crippen molar-refractivity contribution >= 4 is 40.1 Å². The molecule has 0 spiro atoms. The van der Waals surface area contributed by atoms with Crippen LogP contribution in [0.2, 0.25) is 0 Å². The molecule has 2 aromatic carbocycles. The first-order valence-electron chi connectivity index (χ1n) is 9.74. The summed E-state index contributed by atoms with van der Waals surface area (Å²) in [6.45, 7) is 2.62. The Morgan fingerprint density at radius 2 is 1.93 bits per heavy atom. The van der Waals surface area contributed by atoms with Gasteiger partial charge in [0.1, 0.15) is 5.82 Å². The van der Waals surface area contributed by atoms with Crippen LogP contribution in [-0.2, 0) is 16.1 Å². The van der Waals surface area contributed by atoms with Gasteiger partial charge in [-0.1, -0.05) is 29.8 Å². The van der Waals surface area contributed by atoms with Gasteiger partial charge in [-0.15, -0.1) is 0 Å².